The molecule has 1 amide bonds. The summed E-state index contributed by atoms with van der Waals surface area (Å²) in [6, 6.07) is 14.2. The average molecular weight is 606 g/mol. The van der Waals surface area contributed by atoms with Crippen LogP contribution in [0.4, 0.5) is 18.9 Å². The Bertz CT molecular complexity index is 1170. The Labute approximate surface area is 209 Å². The van der Waals surface area contributed by atoms with Crippen molar-refractivity contribution in [1.82, 2.24) is 0 Å². The number of benzene rings is 3. The van der Waals surface area contributed by atoms with Gasteiger partial charge < -0.3 is 5.11 Å². The van der Waals surface area contributed by atoms with E-state index in [0.717, 1.165) is 15.4 Å². The minimum atomic E-state index is -4.79. The first-order valence-corrected chi connectivity index (χ1v) is 11.4. The predicted octanol–water partition coefficient (Wildman–Crippen LogP) is 7.29. The van der Waals surface area contributed by atoms with Crippen LogP contribution in [0.3, 0.4) is 0 Å². The first-order chi connectivity index (χ1) is 15.5. The number of hydrogen-bond donors (Lipinski definition) is 1. The fraction of sp³-hybridized carbons (Fsp3) is 0.130. The quantitative estimate of drug-likeness (QED) is 0.321. The van der Waals surface area contributed by atoms with E-state index in [9.17, 15) is 27.9 Å². The summed E-state index contributed by atoms with van der Waals surface area (Å²) < 4.78 is 41.9. The van der Waals surface area contributed by atoms with Gasteiger partial charge in [-0.15, -0.1) is 0 Å². The molecule has 172 valence electrons. The maximum absolute atomic E-state index is 13.5. The lowest BCUT2D eigenvalue weighted by molar-refractivity contribution is -0.140. The Hall–Kier alpha value is -2.36. The second kappa shape index (κ2) is 10.3. The topological polar surface area (TPSA) is 57.6 Å². The number of aliphatic carboxylic acids is 1. The van der Waals surface area contributed by atoms with Crippen LogP contribution < -0.4 is 4.90 Å². The molecule has 0 heterocycles. The van der Waals surface area contributed by atoms with E-state index in [1.165, 1.54) is 18.2 Å². The second-order valence-electron chi connectivity index (χ2n) is 7.02. The molecule has 1 atom stereocenters. The fourth-order valence-electron chi connectivity index (χ4n) is 3.23. The van der Waals surface area contributed by atoms with E-state index in [0.29, 0.717) is 16.1 Å². The zero-order chi connectivity index (χ0) is 24.3. The smallest absolute Gasteiger partial charge is 0.417 e. The summed E-state index contributed by atoms with van der Waals surface area (Å²) >= 11 is 12.3. The molecule has 0 fully saturated rings. The van der Waals surface area contributed by atoms with Crippen molar-refractivity contribution < 1.29 is 27.9 Å². The molecule has 0 radical (unpaired) electrons. The third-order valence-corrected chi connectivity index (χ3v) is 6.14. The highest BCUT2D eigenvalue weighted by Crippen LogP contribution is 2.39. The molecule has 0 saturated heterocycles. The Morgan fingerprint density at radius 1 is 0.939 bits per heavy atom. The van der Waals surface area contributed by atoms with Crippen LogP contribution in [0.2, 0.25) is 5.02 Å². The van der Waals surface area contributed by atoms with Gasteiger partial charge in [0.05, 0.1) is 17.0 Å². The highest BCUT2D eigenvalue weighted by Gasteiger charge is 2.37. The number of nitrogens with zero attached hydrogens (tertiary/aromatic N) is 1. The van der Waals surface area contributed by atoms with Crippen molar-refractivity contribution in [3.8, 4) is 0 Å². The molecule has 0 saturated carbocycles. The van der Waals surface area contributed by atoms with Gasteiger partial charge in [0.15, 0.2) is 6.04 Å². The molecule has 1 N–H and O–H groups in total. The predicted molar refractivity (Wildman–Crippen MR) is 126 cm³/mol. The number of carbonyl (C=O) groups excluding carboxylic acids is 1. The van der Waals surface area contributed by atoms with E-state index in [1.807, 2.05) is 0 Å². The van der Waals surface area contributed by atoms with Crippen molar-refractivity contribution >= 4 is 61.0 Å². The Morgan fingerprint density at radius 2 is 1.48 bits per heavy atom. The van der Waals surface area contributed by atoms with E-state index < -0.39 is 34.7 Å². The lowest BCUT2D eigenvalue weighted by Gasteiger charge is -2.30. The Morgan fingerprint density at radius 3 is 2.00 bits per heavy atom. The van der Waals surface area contributed by atoms with E-state index in [4.69, 9.17) is 11.6 Å². The monoisotopic (exact) mass is 603 g/mol. The van der Waals surface area contributed by atoms with E-state index in [2.05, 4.69) is 31.9 Å². The number of halogens is 6. The molecule has 10 heteroatoms. The van der Waals surface area contributed by atoms with Gasteiger partial charge in [-0.2, -0.15) is 13.2 Å². The lowest BCUT2D eigenvalue weighted by atomic mass is 10.0. The van der Waals surface area contributed by atoms with Crippen molar-refractivity contribution in [2.24, 2.45) is 0 Å². The summed E-state index contributed by atoms with van der Waals surface area (Å²) in [4.78, 5) is 26.5. The summed E-state index contributed by atoms with van der Waals surface area (Å²) in [6.45, 7) is 0. The molecule has 0 aliphatic heterocycles. The number of rotatable bonds is 6. The molecular formula is C23H15Br2ClF3NO3. The molecule has 3 aromatic rings. The molecule has 0 bridgehead atoms. The SMILES string of the molecule is O=C(O)C(c1ccc(Br)cc1)N(C(=O)Cc1ccc(Br)cc1)c1ccc(Cl)c(C(F)(F)F)c1. The van der Waals surface area contributed by atoms with Crippen LogP contribution in [0.15, 0.2) is 75.7 Å². The summed E-state index contributed by atoms with van der Waals surface area (Å²) in [5, 5.41) is 9.45. The molecule has 3 rings (SSSR count). The largest absolute Gasteiger partial charge is 0.479 e. The average Bonchev–Trinajstić information content (AvgIpc) is 2.74. The van der Waals surface area contributed by atoms with Gasteiger partial charge in [0, 0.05) is 14.6 Å². The highest BCUT2D eigenvalue weighted by atomic mass is 79.9. The number of hydrogen-bond acceptors (Lipinski definition) is 2. The fourth-order valence-corrected chi connectivity index (χ4v) is 3.98. The number of carbonyl (C=O) groups is 2. The van der Waals surface area contributed by atoms with Crippen LogP contribution >= 0.6 is 43.5 Å². The summed E-state index contributed by atoms with van der Waals surface area (Å²) in [5.74, 6) is -2.09. The van der Waals surface area contributed by atoms with E-state index in [-0.39, 0.29) is 17.7 Å². The minimum absolute atomic E-state index is 0.221. The molecule has 3 aromatic carbocycles. The normalized spacial score (nSPS) is 12.3. The van der Waals surface area contributed by atoms with Gasteiger partial charge >= 0.3 is 12.1 Å². The molecule has 0 aromatic heterocycles. The van der Waals surface area contributed by atoms with Crippen LogP contribution in [0.5, 0.6) is 0 Å². The second-order valence-corrected chi connectivity index (χ2v) is 9.26. The van der Waals surface area contributed by atoms with Crippen LogP contribution in [0, 0.1) is 0 Å². The van der Waals surface area contributed by atoms with Crippen molar-refractivity contribution in [3.63, 3.8) is 0 Å². The van der Waals surface area contributed by atoms with Crippen LogP contribution in [0.1, 0.15) is 22.7 Å². The molecular weight excluding hydrogens is 591 g/mol. The third-order valence-electron chi connectivity index (χ3n) is 4.75. The zero-order valence-corrected chi connectivity index (χ0v) is 20.5. The van der Waals surface area contributed by atoms with Gasteiger partial charge in [-0.1, -0.05) is 67.7 Å². The van der Waals surface area contributed by atoms with Crippen LogP contribution in [-0.4, -0.2) is 17.0 Å². The van der Waals surface area contributed by atoms with Crippen LogP contribution in [-0.2, 0) is 22.2 Å². The Balaban J connectivity index is 2.14. The third kappa shape index (κ3) is 6.16. The molecule has 1 unspecified atom stereocenters. The number of anilines is 1. The van der Waals surface area contributed by atoms with Gasteiger partial charge in [0.2, 0.25) is 5.91 Å². The van der Waals surface area contributed by atoms with Gasteiger partial charge in [-0.3, -0.25) is 9.69 Å². The van der Waals surface area contributed by atoms with Gasteiger partial charge in [0.25, 0.3) is 0 Å². The maximum Gasteiger partial charge on any atom is 0.417 e. The first-order valence-electron chi connectivity index (χ1n) is 9.39. The number of carboxylic acid groups (broad SMARTS) is 1. The van der Waals surface area contributed by atoms with E-state index >= 15 is 0 Å². The number of alkyl halides is 3. The Kier molecular flexibility index (Phi) is 7.87. The minimum Gasteiger partial charge on any atom is -0.479 e. The van der Waals surface area contributed by atoms with Gasteiger partial charge in [-0.05, 0) is 53.6 Å². The molecule has 0 aliphatic rings. The molecule has 0 spiro atoms. The summed E-state index contributed by atoms with van der Waals surface area (Å²) in [6.07, 6.45) is -5.01. The highest BCUT2D eigenvalue weighted by molar-refractivity contribution is 9.10. The lowest BCUT2D eigenvalue weighted by Crippen LogP contribution is -2.40. The maximum atomic E-state index is 13.5. The van der Waals surface area contributed by atoms with Gasteiger partial charge in [0.1, 0.15) is 0 Å². The first kappa shape index (κ1) is 25.3. The number of amides is 1. The van der Waals surface area contributed by atoms with Crippen molar-refractivity contribution in [3.05, 3.63) is 97.4 Å². The summed E-state index contributed by atoms with van der Waals surface area (Å²) in [5.41, 5.74) is -0.608. The molecule has 0 aliphatic carbocycles. The van der Waals surface area contributed by atoms with Crippen molar-refractivity contribution in [2.45, 2.75) is 18.6 Å². The van der Waals surface area contributed by atoms with Crippen molar-refractivity contribution in [1.29, 1.82) is 0 Å². The van der Waals surface area contributed by atoms with Crippen molar-refractivity contribution in [2.75, 3.05) is 4.90 Å². The molecule has 4 nitrogen and oxygen atoms in total. The van der Waals surface area contributed by atoms with Gasteiger partial charge in [-0.25, -0.2) is 4.79 Å². The summed E-state index contributed by atoms with van der Waals surface area (Å²) in [7, 11) is 0. The molecule has 33 heavy (non-hydrogen) atoms. The van der Waals surface area contributed by atoms with Crippen LogP contribution in [0.25, 0.3) is 0 Å². The zero-order valence-electron chi connectivity index (χ0n) is 16.6. The van der Waals surface area contributed by atoms with E-state index in [1.54, 1.807) is 36.4 Å². The standard InChI is InChI=1S/C23H15Br2ClF3NO3/c24-15-5-1-13(2-6-15)11-20(31)30(17-9-10-19(26)18(12-17)23(27,28)29)21(22(32)33)14-3-7-16(25)8-4-14/h1-10,12,21H,11H2,(H,32,33). The number of carboxylic acids is 1.